The fraction of sp³-hybridized carbons (Fsp3) is 0.500. The van der Waals surface area contributed by atoms with E-state index in [1.807, 2.05) is 0 Å². The molecule has 1 unspecified atom stereocenters. The number of rotatable bonds is 4. The number of hydrogen-bond donors (Lipinski definition) is 1. The minimum absolute atomic E-state index is 0.0438. The summed E-state index contributed by atoms with van der Waals surface area (Å²) < 4.78 is 5.03. The van der Waals surface area contributed by atoms with E-state index >= 15 is 0 Å². The summed E-state index contributed by atoms with van der Waals surface area (Å²) in [5.74, 6) is 0.249. The molecule has 1 saturated carbocycles. The minimum atomic E-state index is -0.468. The lowest BCUT2D eigenvalue weighted by Crippen LogP contribution is -2.22. The molecule has 1 N–H and O–H groups in total. The fourth-order valence-corrected chi connectivity index (χ4v) is 2.22. The van der Waals surface area contributed by atoms with Gasteiger partial charge in [-0.2, -0.15) is 0 Å². The molecule has 1 aliphatic rings. The lowest BCUT2D eigenvalue weighted by atomic mass is 9.90. The van der Waals surface area contributed by atoms with Gasteiger partial charge < -0.3 is 9.84 Å². The van der Waals surface area contributed by atoms with Crippen molar-refractivity contribution in [2.24, 2.45) is 0 Å². The number of nitro benzene ring substituents is 1. The molecule has 1 atom stereocenters. The standard InChI is InChI=1S/C12H15NO4/c1-8(14)12(5-6-12)9-3-4-10(13(15)16)11(7-9)17-2/h3-4,7-8,14H,5-6H2,1-2H3. The van der Waals surface area contributed by atoms with Crippen LogP contribution in [0.4, 0.5) is 5.69 Å². The summed E-state index contributed by atoms with van der Waals surface area (Å²) in [6, 6.07) is 4.81. The van der Waals surface area contributed by atoms with E-state index in [4.69, 9.17) is 4.74 Å². The predicted molar refractivity (Wildman–Crippen MR) is 62.2 cm³/mol. The van der Waals surface area contributed by atoms with Crippen LogP contribution in [0.3, 0.4) is 0 Å². The lowest BCUT2D eigenvalue weighted by molar-refractivity contribution is -0.385. The van der Waals surface area contributed by atoms with Crippen LogP contribution in [0.5, 0.6) is 5.75 Å². The Morgan fingerprint density at radius 1 is 1.53 bits per heavy atom. The van der Waals surface area contributed by atoms with Crippen LogP contribution in [-0.2, 0) is 5.41 Å². The molecule has 5 heteroatoms. The van der Waals surface area contributed by atoms with E-state index in [0.717, 1.165) is 18.4 Å². The van der Waals surface area contributed by atoms with Gasteiger partial charge in [0.1, 0.15) is 0 Å². The van der Waals surface area contributed by atoms with Crippen molar-refractivity contribution >= 4 is 5.69 Å². The number of aliphatic hydroxyl groups is 1. The Balaban J connectivity index is 2.42. The Hall–Kier alpha value is -1.62. The Bertz CT molecular complexity index is 452. The Morgan fingerprint density at radius 3 is 2.59 bits per heavy atom. The van der Waals surface area contributed by atoms with Crippen LogP contribution in [-0.4, -0.2) is 23.2 Å². The summed E-state index contributed by atoms with van der Waals surface area (Å²) in [7, 11) is 1.41. The van der Waals surface area contributed by atoms with E-state index in [9.17, 15) is 15.2 Å². The van der Waals surface area contributed by atoms with Gasteiger partial charge in [-0.1, -0.05) is 6.07 Å². The third kappa shape index (κ3) is 1.86. The summed E-state index contributed by atoms with van der Waals surface area (Å²) >= 11 is 0. The zero-order valence-corrected chi connectivity index (χ0v) is 9.84. The van der Waals surface area contributed by atoms with Gasteiger partial charge in [0, 0.05) is 11.5 Å². The highest BCUT2D eigenvalue weighted by Crippen LogP contribution is 2.52. The quantitative estimate of drug-likeness (QED) is 0.642. The van der Waals surface area contributed by atoms with E-state index in [0.29, 0.717) is 0 Å². The van der Waals surface area contributed by atoms with Crippen LogP contribution in [0, 0.1) is 10.1 Å². The second-order valence-corrected chi connectivity index (χ2v) is 4.48. The molecule has 1 fully saturated rings. The number of nitrogens with zero attached hydrogens (tertiary/aromatic N) is 1. The van der Waals surface area contributed by atoms with Crippen LogP contribution >= 0.6 is 0 Å². The minimum Gasteiger partial charge on any atom is -0.490 e. The van der Waals surface area contributed by atoms with Crippen molar-refractivity contribution in [2.45, 2.75) is 31.3 Å². The average Bonchev–Trinajstić information content (AvgIpc) is 3.09. The van der Waals surface area contributed by atoms with E-state index in [-0.39, 0.29) is 16.9 Å². The number of benzene rings is 1. The van der Waals surface area contributed by atoms with Gasteiger partial charge >= 0.3 is 5.69 Å². The van der Waals surface area contributed by atoms with Gasteiger partial charge in [-0.3, -0.25) is 10.1 Å². The van der Waals surface area contributed by atoms with Crippen molar-refractivity contribution in [1.82, 2.24) is 0 Å². The van der Waals surface area contributed by atoms with Gasteiger partial charge in [0.25, 0.3) is 0 Å². The third-order valence-corrected chi connectivity index (χ3v) is 3.54. The highest BCUT2D eigenvalue weighted by molar-refractivity contribution is 5.51. The second-order valence-electron chi connectivity index (χ2n) is 4.48. The first kappa shape index (κ1) is 11.9. The van der Waals surface area contributed by atoms with Crippen molar-refractivity contribution in [1.29, 1.82) is 0 Å². The Morgan fingerprint density at radius 2 is 2.18 bits per heavy atom. The molecule has 2 rings (SSSR count). The molecule has 0 bridgehead atoms. The predicted octanol–water partition coefficient (Wildman–Crippen LogP) is 2.02. The number of aliphatic hydroxyl groups excluding tert-OH is 1. The average molecular weight is 237 g/mol. The Labute approximate surface area is 99.2 Å². The lowest BCUT2D eigenvalue weighted by Gasteiger charge is -2.19. The summed E-state index contributed by atoms with van der Waals surface area (Å²) in [4.78, 5) is 10.3. The van der Waals surface area contributed by atoms with Crippen molar-refractivity contribution in [3.8, 4) is 5.75 Å². The van der Waals surface area contributed by atoms with Crippen molar-refractivity contribution in [3.05, 3.63) is 33.9 Å². The Kier molecular flexibility index (Phi) is 2.79. The van der Waals surface area contributed by atoms with Crippen LogP contribution < -0.4 is 4.74 Å². The smallest absolute Gasteiger partial charge is 0.310 e. The molecular formula is C12H15NO4. The fourth-order valence-electron chi connectivity index (χ4n) is 2.22. The number of ether oxygens (including phenoxy) is 1. The van der Waals surface area contributed by atoms with Crippen LogP contribution in [0.25, 0.3) is 0 Å². The molecule has 0 radical (unpaired) electrons. The summed E-state index contributed by atoms with van der Waals surface area (Å²) in [6.45, 7) is 1.75. The maximum absolute atomic E-state index is 10.8. The van der Waals surface area contributed by atoms with Gasteiger partial charge in [0.05, 0.1) is 18.1 Å². The van der Waals surface area contributed by atoms with Crippen LogP contribution in [0.2, 0.25) is 0 Å². The molecule has 1 aromatic rings. The van der Waals surface area contributed by atoms with Gasteiger partial charge in [-0.05, 0) is 31.4 Å². The highest BCUT2D eigenvalue weighted by Gasteiger charge is 2.48. The van der Waals surface area contributed by atoms with Crippen molar-refractivity contribution in [2.75, 3.05) is 7.11 Å². The molecule has 0 heterocycles. The molecule has 0 spiro atoms. The SMILES string of the molecule is COc1cc(C2(C(C)O)CC2)ccc1[N+](=O)[O-]. The number of methoxy groups -OCH3 is 1. The number of hydrogen-bond acceptors (Lipinski definition) is 4. The highest BCUT2D eigenvalue weighted by atomic mass is 16.6. The van der Waals surface area contributed by atoms with Crippen molar-refractivity contribution < 1.29 is 14.8 Å². The van der Waals surface area contributed by atoms with E-state index in [1.54, 1.807) is 19.1 Å². The first-order chi connectivity index (χ1) is 8.01. The molecule has 1 aromatic carbocycles. The van der Waals surface area contributed by atoms with E-state index in [1.165, 1.54) is 13.2 Å². The van der Waals surface area contributed by atoms with E-state index in [2.05, 4.69) is 0 Å². The third-order valence-electron chi connectivity index (χ3n) is 3.54. The molecule has 1 aliphatic carbocycles. The monoisotopic (exact) mass is 237 g/mol. The molecule has 0 aliphatic heterocycles. The normalized spacial score (nSPS) is 18.5. The molecule has 92 valence electrons. The summed E-state index contributed by atoms with van der Waals surface area (Å²) in [6.07, 6.45) is 1.37. The molecule has 0 amide bonds. The molecule has 17 heavy (non-hydrogen) atoms. The largest absolute Gasteiger partial charge is 0.490 e. The molecule has 0 aromatic heterocycles. The van der Waals surface area contributed by atoms with Crippen LogP contribution in [0.1, 0.15) is 25.3 Å². The maximum Gasteiger partial charge on any atom is 0.310 e. The van der Waals surface area contributed by atoms with Crippen LogP contribution in [0.15, 0.2) is 18.2 Å². The second kappa shape index (κ2) is 4.00. The van der Waals surface area contributed by atoms with Crippen molar-refractivity contribution in [3.63, 3.8) is 0 Å². The molecule has 5 nitrogen and oxygen atoms in total. The number of nitro groups is 1. The first-order valence-corrected chi connectivity index (χ1v) is 5.52. The topological polar surface area (TPSA) is 72.6 Å². The summed E-state index contributed by atoms with van der Waals surface area (Å²) in [5.41, 5.74) is 0.634. The van der Waals surface area contributed by atoms with Gasteiger partial charge in [0.2, 0.25) is 0 Å². The van der Waals surface area contributed by atoms with E-state index < -0.39 is 11.0 Å². The zero-order valence-electron chi connectivity index (χ0n) is 9.84. The van der Waals surface area contributed by atoms with Gasteiger partial charge in [-0.25, -0.2) is 0 Å². The van der Waals surface area contributed by atoms with Gasteiger partial charge in [0.15, 0.2) is 5.75 Å². The molecule has 0 saturated heterocycles. The first-order valence-electron chi connectivity index (χ1n) is 5.52. The summed E-state index contributed by atoms with van der Waals surface area (Å²) in [5, 5.41) is 20.5. The van der Waals surface area contributed by atoms with Gasteiger partial charge in [-0.15, -0.1) is 0 Å². The maximum atomic E-state index is 10.8. The molecular weight excluding hydrogens is 222 g/mol. The zero-order chi connectivity index (χ0) is 12.6.